The first-order chi connectivity index (χ1) is 31.8. The Balaban J connectivity index is 1.59. The molecule has 0 aliphatic heterocycles. The molecule has 66 heavy (non-hydrogen) atoms. The first-order valence-corrected chi connectivity index (χ1v) is 21.9. The Bertz CT molecular complexity index is 2230. The minimum absolute atomic E-state index is 0.0298. The van der Waals surface area contributed by atoms with Gasteiger partial charge in [0.2, 0.25) is 35.4 Å². The molecule has 4 rings (SSSR count). The predicted molar refractivity (Wildman–Crippen MR) is 251 cm³/mol. The number of primary amides is 2. The van der Waals surface area contributed by atoms with Crippen molar-refractivity contribution in [1.82, 2.24) is 21.3 Å². The molecule has 0 aliphatic carbocycles. The fourth-order valence-electron chi connectivity index (χ4n) is 6.58. The van der Waals surface area contributed by atoms with E-state index in [1.54, 1.807) is 60.7 Å². The van der Waals surface area contributed by atoms with Gasteiger partial charge in [-0.05, 0) is 111 Å². The van der Waals surface area contributed by atoms with Crippen LogP contribution in [-0.2, 0) is 41.6 Å². The number of hydrogen-bond acceptors (Lipinski definition) is 13. The number of benzene rings is 4. The van der Waals surface area contributed by atoms with Gasteiger partial charge in [-0.3, -0.25) is 28.8 Å². The molecule has 350 valence electrons. The molecule has 0 unspecified atom stereocenters. The van der Waals surface area contributed by atoms with E-state index < -0.39 is 65.7 Å². The maximum absolute atomic E-state index is 14.2. The van der Waals surface area contributed by atoms with Crippen molar-refractivity contribution in [2.75, 3.05) is 13.1 Å². The second-order valence-corrected chi connectivity index (χ2v) is 15.6. The first-order valence-electron chi connectivity index (χ1n) is 21.9. The van der Waals surface area contributed by atoms with E-state index in [0.29, 0.717) is 79.1 Å². The third-order valence-electron chi connectivity index (χ3n) is 10.3. The monoisotopic (exact) mass is 903 g/mol. The highest BCUT2D eigenvalue weighted by atomic mass is 16.2. The largest absolute Gasteiger partial charge is 0.370 e. The number of rotatable bonds is 28. The van der Waals surface area contributed by atoms with Crippen molar-refractivity contribution in [2.24, 2.45) is 49.1 Å². The van der Waals surface area contributed by atoms with Crippen molar-refractivity contribution in [3.63, 3.8) is 0 Å². The SMILES string of the molecule is NCCCC[C@H](NC(=O)[C@H](Cc1ccc(N=Nc2ccccc2)cc1)NC(=O)[C@H](CCC(N)=O)NC(=O)[C@H](Cc1ccc(N=Nc2ccccc2)cc1)NC(=O)[C@@H](N)CCCCN)C(N)=O. The molecule has 0 spiro atoms. The summed E-state index contributed by atoms with van der Waals surface area (Å²) in [7, 11) is 0. The van der Waals surface area contributed by atoms with Crippen molar-refractivity contribution < 1.29 is 28.8 Å². The van der Waals surface area contributed by atoms with Gasteiger partial charge < -0.3 is 49.9 Å². The number of unbranched alkanes of at least 4 members (excludes halogenated alkanes) is 2. The summed E-state index contributed by atoms with van der Waals surface area (Å²) in [5.41, 5.74) is 32.2. The molecule has 6 amide bonds. The average molecular weight is 904 g/mol. The van der Waals surface area contributed by atoms with E-state index in [9.17, 15) is 28.8 Å². The molecule has 19 heteroatoms. The van der Waals surface area contributed by atoms with Crippen LogP contribution in [0.15, 0.2) is 130 Å². The third kappa shape index (κ3) is 18.5. The lowest BCUT2D eigenvalue weighted by Crippen LogP contribution is -2.59. The Kier molecular flexibility index (Phi) is 21.7. The zero-order valence-electron chi connectivity index (χ0n) is 36.9. The molecule has 0 fully saturated rings. The number of nitrogens with zero attached hydrogens (tertiary/aromatic N) is 4. The highest BCUT2D eigenvalue weighted by Crippen LogP contribution is 2.21. The van der Waals surface area contributed by atoms with Crippen molar-refractivity contribution in [3.8, 4) is 0 Å². The van der Waals surface area contributed by atoms with Gasteiger partial charge in [0, 0.05) is 19.3 Å². The van der Waals surface area contributed by atoms with E-state index in [4.69, 9.17) is 28.7 Å². The number of carbonyl (C=O) groups is 6. The maximum atomic E-state index is 14.2. The zero-order chi connectivity index (χ0) is 47.7. The fourth-order valence-corrected chi connectivity index (χ4v) is 6.58. The molecule has 19 nitrogen and oxygen atoms in total. The van der Waals surface area contributed by atoms with Gasteiger partial charge in [0.1, 0.15) is 24.2 Å². The number of azo groups is 2. The zero-order valence-corrected chi connectivity index (χ0v) is 36.9. The molecule has 0 heterocycles. The van der Waals surface area contributed by atoms with Crippen LogP contribution in [-0.4, -0.2) is 78.7 Å². The molecule has 0 saturated heterocycles. The number of nitrogens with two attached hydrogens (primary N) is 5. The summed E-state index contributed by atoms with van der Waals surface area (Å²) in [5.74, 6) is -4.46. The summed E-state index contributed by atoms with van der Waals surface area (Å²) in [4.78, 5) is 80.3. The minimum atomic E-state index is -1.42. The molecule has 5 atom stereocenters. The minimum Gasteiger partial charge on any atom is -0.370 e. The maximum Gasteiger partial charge on any atom is 0.243 e. The molecule has 0 aromatic heterocycles. The lowest BCUT2D eigenvalue weighted by molar-refractivity contribution is -0.134. The summed E-state index contributed by atoms with van der Waals surface area (Å²) < 4.78 is 0. The standard InChI is InChI=1S/C47H61N13O6/c48-27-9-7-15-37(50)44(63)55-40(29-31-17-21-35(22-18-31)59-57-33-11-3-1-4-12-33)47(66)54-39(25-26-42(51)61)45(64)56-41(46(65)53-38(43(52)62)16-8-10-28-49)30-32-19-23-36(24-20-32)60-58-34-13-5-2-6-14-34/h1-6,11-14,17-24,37-41H,7-10,15-16,25-30,48-50H2,(H2,51,61)(H2,52,62)(H,53,65)(H,54,66)(H,55,63)(H,56,64)/t37-,38-,39-,40-,41-/m0/s1. The summed E-state index contributed by atoms with van der Waals surface area (Å²) in [6.07, 6.45) is 2.17. The summed E-state index contributed by atoms with van der Waals surface area (Å²) in [6.45, 7) is 0.796. The van der Waals surface area contributed by atoms with Crippen LogP contribution in [0.5, 0.6) is 0 Å². The summed E-state index contributed by atoms with van der Waals surface area (Å²) in [6, 6.07) is 26.0. The molecule has 4 aromatic rings. The van der Waals surface area contributed by atoms with Crippen LogP contribution < -0.4 is 49.9 Å². The Morgan fingerprint density at radius 1 is 0.439 bits per heavy atom. The predicted octanol–water partition coefficient (Wildman–Crippen LogP) is 3.58. The Hall–Kier alpha value is -7.22. The van der Waals surface area contributed by atoms with Crippen LogP contribution in [0.3, 0.4) is 0 Å². The molecule has 0 aliphatic rings. The Morgan fingerprint density at radius 3 is 1.24 bits per heavy atom. The van der Waals surface area contributed by atoms with Crippen molar-refractivity contribution in [1.29, 1.82) is 0 Å². The second kappa shape index (κ2) is 27.9. The van der Waals surface area contributed by atoms with E-state index in [-0.39, 0.29) is 32.1 Å². The van der Waals surface area contributed by atoms with E-state index in [1.165, 1.54) is 0 Å². The number of hydrogen-bond donors (Lipinski definition) is 9. The molecule has 0 bridgehead atoms. The lowest BCUT2D eigenvalue weighted by Gasteiger charge is -2.27. The molecule has 14 N–H and O–H groups in total. The third-order valence-corrected chi connectivity index (χ3v) is 10.3. The van der Waals surface area contributed by atoms with Gasteiger partial charge in [0.25, 0.3) is 0 Å². The molecule has 0 radical (unpaired) electrons. The second-order valence-electron chi connectivity index (χ2n) is 15.6. The molecular formula is C47H61N13O6. The normalized spacial score (nSPS) is 13.6. The van der Waals surface area contributed by atoms with Gasteiger partial charge in [0.05, 0.1) is 28.8 Å². The smallest absolute Gasteiger partial charge is 0.243 e. The van der Waals surface area contributed by atoms with Gasteiger partial charge in [-0.1, -0.05) is 67.1 Å². The van der Waals surface area contributed by atoms with Crippen molar-refractivity contribution in [3.05, 3.63) is 120 Å². The van der Waals surface area contributed by atoms with Crippen molar-refractivity contribution >= 4 is 58.2 Å². The van der Waals surface area contributed by atoms with E-state index in [2.05, 4.69) is 41.7 Å². The summed E-state index contributed by atoms with van der Waals surface area (Å²) >= 11 is 0. The molecular weight excluding hydrogens is 843 g/mol. The average Bonchev–Trinajstić information content (AvgIpc) is 3.32. The highest BCUT2D eigenvalue weighted by Gasteiger charge is 2.32. The van der Waals surface area contributed by atoms with Crippen LogP contribution in [0.2, 0.25) is 0 Å². The van der Waals surface area contributed by atoms with E-state index >= 15 is 0 Å². The lowest BCUT2D eigenvalue weighted by atomic mass is 10.0. The van der Waals surface area contributed by atoms with E-state index in [1.807, 2.05) is 48.5 Å². The van der Waals surface area contributed by atoms with Gasteiger partial charge in [-0.2, -0.15) is 20.5 Å². The van der Waals surface area contributed by atoms with Crippen LogP contribution in [0.25, 0.3) is 0 Å². The van der Waals surface area contributed by atoms with Crippen LogP contribution in [0.1, 0.15) is 62.5 Å². The number of amides is 6. The Morgan fingerprint density at radius 2 is 0.818 bits per heavy atom. The molecule has 0 saturated carbocycles. The fraction of sp³-hybridized carbons (Fsp3) is 0.362. The topological polar surface area (TPSA) is 330 Å². The highest BCUT2D eigenvalue weighted by molar-refractivity contribution is 5.96. The number of nitrogens with one attached hydrogen (secondary N) is 4. The van der Waals surface area contributed by atoms with Gasteiger partial charge in [0.15, 0.2) is 0 Å². The molecule has 4 aromatic carbocycles. The van der Waals surface area contributed by atoms with Crippen molar-refractivity contribution in [2.45, 2.75) is 94.4 Å². The van der Waals surface area contributed by atoms with Crippen LogP contribution in [0, 0.1) is 0 Å². The van der Waals surface area contributed by atoms with Gasteiger partial charge in [-0.15, -0.1) is 0 Å². The number of carbonyl (C=O) groups excluding carboxylic acids is 6. The van der Waals surface area contributed by atoms with Gasteiger partial charge in [-0.25, -0.2) is 0 Å². The Labute approximate surface area is 384 Å². The van der Waals surface area contributed by atoms with E-state index in [0.717, 1.165) is 0 Å². The van der Waals surface area contributed by atoms with Crippen LogP contribution in [0.4, 0.5) is 22.7 Å². The van der Waals surface area contributed by atoms with Crippen LogP contribution >= 0.6 is 0 Å². The van der Waals surface area contributed by atoms with Gasteiger partial charge >= 0.3 is 0 Å². The summed E-state index contributed by atoms with van der Waals surface area (Å²) in [5, 5.41) is 27.7. The quantitative estimate of drug-likeness (QED) is 0.0297. The first kappa shape index (κ1) is 51.4.